The number of carboxylic acids is 1. The highest BCUT2D eigenvalue weighted by Crippen LogP contribution is 2.24. The number of hydrogen-bond donors (Lipinski definition) is 2. The molecule has 0 spiro atoms. The molecule has 2 N–H and O–H groups in total. The number of pyridine rings is 1. The van der Waals surface area contributed by atoms with Crippen LogP contribution < -0.4 is 5.32 Å². The Morgan fingerprint density at radius 3 is 2.95 bits per heavy atom. The molecule has 7 heteroatoms. The zero-order valence-corrected chi connectivity index (χ0v) is 12.5. The Hall–Kier alpha value is -1.79. The van der Waals surface area contributed by atoms with Crippen LogP contribution in [-0.2, 0) is 15.3 Å². The largest absolute Gasteiger partial charge is 0.480 e. The summed E-state index contributed by atoms with van der Waals surface area (Å²) in [7, 11) is 0. The molecule has 21 heavy (non-hydrogen) atoms. The first-order chi connectivity index (χ1) is 10.1. The van der Waals surface area contributed by atoms with Crippen LogP contribution in [0.1, 0.15) is 5.56 Å². The molecule has 1 heterocycles. The quantitative estimate of drug-likeness (QED) is 0.603. The smallest absolute Gasteiger partial charge is 0.327 e. The van der Waals surface area contributed by atoms with Crippen molar-refractivity contribution < 1.29 is 14.7 Å². The van der Waals surface area contributed by atoms with Crippen LogP contribution in [-0.4, -0.2) is 34.3 Å². The lowest BCUT2D eigenvalue weighted by molar-refractivity contribution is -0.139. The summed E-state index contributed by atoms with van der Waals surface area (Å²) in [5.74, 6) is -0.268. The summed E-state index contributed by atoms with van der Waals surface area (Å²) in [5, 5.41) is 12.6. The second kappa shape index (κ2) is 7.28. The highest BCUT2D eigenvalue weighted by Gasteiger charge is 2.16. The van der Waals surface area contributed by atoms with Crippen molar-refractivity contribution in [2.75, 3.05) is 5.75 Å². The number of thioether (sulfide) groups is 1. The van der Waals surface area contributed by atoms with Gasteiger partial charge in [0.15, 0.2) is 0 Å². The molecule has 1 atom stereocenters. The summed E-state index contributed by atoms with van der Waals surface area (Å²) < 4.78 is 0. The molecule has 5 nitrogen and oxygen atoms in total. The van der Waals surface area contributed by atoms with Gasteiger partial charge in [0, 0.05) is 22.5 Å². The molecular formula is C14H13ClN2O3S. The zero-order chi connectivity index (χ0) is 15.2. The highest BCUT2D eigenvalue weighted by atomic mass is 35.5. The summed E-state index contributed by atoms with van der Waals surface area (Å²) in [6.45, 7) is 0. The number of nitrogens with one attached hydrogen (secondary N) is 1. The molecule has 0 saturated heterocycles. The number of aliphatic carboxylic acids is 1. The highest BCUT2D eigenvalue weighted by molar-refractivity contribution is 7.98. The fourth-order valence-corrected chi connectivity index (χ4v) is 3.12. The second-order valence-electron chi connectivity index (χ2n) is 4.32. The summed E-state index contributed by atoms with van der Waals surface area (Å²) in [6, 6.07) is 8.68. The second-order valence-corrected chi connectivity index (χ2v) is 5.71. The van der Waals surface area contributed by atoms with Crippen molar-refractivity contribution >= 4 is 46.6 Å². The summed E-state index contributed by atoms with van der Waals surface area (Å²) in [6.07, 6.45) is 0.393. The minimum absolute atomic E-state index is 0.261. The van der Waals surface area contributed by atoms with Gasteiger partial charge in [-0.05, 0) is 12.1 Å². The van der Waals surface area contributed by atoms with Crippen LogP contribution in [0.25, 0.3) is 10.9 Å². The third-order valence-electron chi connectivity index (χ3n) is 2.86. The Morgan fingerprint density at radius 2 is 2.24 bits per heavy atom. The van der Waals surface area contributed by atoms with Crippen molar-refractivity contribution in [1.82, 2.24) is 10.3 Å². The number of fused-ring (bicyclic) bond motifs is 1. The van der Waals surface area contributed by atoms with Crippen LogP contribution in [0.15, 0.2) is 30.3 Å². The number of rotatable bonds is 7. The topological polar surface area (TPSA) is 79.3 Å². The van der Waals surface area contributed by atoms with Crippen LogP contribution in [0, 0.1) is 0 Å². The van der Waals surface area contributed by atoms with E-state index < -0.39 is 12.0 Å². The van der Waals surface area contributed by atoms with E-state index in [0.29, 0.717) is 17.3 Å². The first-order valence-corrected chi connectivity index (χ1v) is 7.69. The van der Waals surface area contributed by atoms with Crippen molar-refractivity contribution in [3.63, 3.8) is 0 Å². The minimum atomic E-state index is -1.06. The van der Waals surface area contributed by atoms with Gasteiger partial charge in [-0.25, -0.2) is 9.78 Å². The lowest BCUT2D eigenvalue weighted by atomic mass is 10.2. The predicted octanol–water partition coefficient (Wildman–Crippen LogP) is 2.32. The summed E-state index contributed by atoms with van der Waals surface area (Å²) >= 11 is 7.51. The molecule has 0 aliphatic heterocycles. The third kappa shape index (κ3) is 4.09. The molecule has 1 amide bonds. The number of halogens is 1. The number of carbonyl (C=O) groups is 2. The number of para-hydroxylation sites is 1. The van der Waals surface area contributed by atoms with Crippen molar-refractivity contribution in [3.8, 4) is 0 Å². The molecule has 1 aromatic carbocycles. The van der Waals surface area contributed by atoms with E-state index >= 15 is 0 Å². The molecule has 1 aromatic heterocycles. The number of amides is 1. The first-order valence-electron chi connectivity index (χ1n) is 6.16. The summed E-state index contributed by atoms with van der Waals surface area (Å²) in [4.78, 5) is 25.5. The van der Waals surface area contributed by atoms with Gasteiger partial charge < -0.3 is 10.4 Å². The number of carboxylic acid groups (broad SMARTS) is 1. The molecule has 1 unspecified atom stereocenters. The molecule has 0 saturated carbocycles. The van der Waals surface area contributed by atoms with E-state index in [1.165, 1.54) is 11.8 Å². The van der Waals surface area contributed by atoms with E-state index in [1.807, 2.05) is 30.3 Å². The van der Waals surface area contributed by atoms with Crippen LogP contribution in [0.3, 0.4) is 0 Å². The van der Waals surface area contributed by atoms with Gasteiger partial charge in [-0.15, -0.1) is 0 Å². The standard InChI is InChI=1S/C14H13ClN2O3S/c15-13-10(5-9-3-1-2-4-11(9)17-13)6-21-7-12(14(19)20)16-8-18/h1-5,8,12H,6-7H2,(H,16,18)(H,19,20). The number of aromatic nitrogens is 1. The van der Waals surface area contributed by atoms with Crippen LogP contribution in [0.2, 0.25) is 5.15 Å². The van der Waals surface area contributed by atoms with Crippen LogP contribution in [0.4, 0.5) is 0 Å². The molecular weight excluding hydrogens is 312 g/mol. The van der Waals surface area contributed by atoms with E-state index in [4.69, 9.17) is 16.7 Å². The molecule has 2 aromatic rings. The van der Waals surface area contributed by atoms with Gasteiger partial charge in [-0.2, -0.15) is 11.8 Å². The average molecular weight is 325 g/mol. The minimum Gasteiger partial charge on any atom is -0.480 e. The Bertz CT molecular complexity index is 666. The molecule has 110 valence electrons. The van der Waals surface area contributed by atoms with Crippen LogP contribution in [0.5, 0.6) is 0 Å². The molecule has 0 aliphatic carbocycles. The van der Waals surface area contributed by atoms with Crippen molar-refractivity contribution in [1.29, 1.82) is 0 Å². The maximum atomic E-state index is 10.9. The predicted molar refractivity (Wildman–Crippen MR) is 83.5 cm³/mol. The van der Waals surface area contributed by atoms with Gasteiger partial charge in [-0.3, -0.25) is 4.79 Å². The lowest BCUT2D eigenvalue weighted by Gasteiger charge is -2.11. The molecule has 0 aliphatic rings. The Labute approximate surface area is 130 Å². The SMILES string of the molecule is O=CNC(CSCc1cc2ccccc2nc1Cl)C(=O)O. The van der Waals surface area contributed by atoms with Gasteiger partial charge in [0.05, 0.1) is 5.52 Å². The third-order valence-corrected chi connectivity index (χ3v) is 4.27. The monoisotopic (exact) mass is 324 g/mol. The molecule has 0 bridgehead atoms. The van der Waals surface area contributed by atoms with Gasteiger partial charge >= 0.3 is 5.97 Å². The maximum absolute atomic E-state index is 10.9. The van der Waals surface area contributed by atoms with E-state index in [2.05, 4.69) is 10.3 Å². The van der Waals surface area contributed by atoms with Gasteiger partial charge in [0.1, 0.15) is 11.2 Å². The molecule has 2 rings (SSSR count). The zero-order valence-electron chi connectivity index (χ0n) is 11.0. The fraction of sp³-hybridized carbons (Fsp3) is 0.214. The van der Waals surface area contributed by atoms with E-state index in [0.717, 1.165) is 16.5 Å². The number of carbonyl (C=O) groups excluding carboxylic acids is 1. The van der Waals surface area contributed by atoms with Gasteiger partial charge in [0.25, 0.3) is 0 Å². The number of benzene rings is 1. The normalized spacial score (nSPS) is 12.0. The van der Waals surface area contributed by atoms with Crippen LogP contribution >= 0.6 is 23.4 Å². The van der Waals surface area contributed by atoms with E-state index in [-0.39, 0.29) is 5.75 Å². The Morgan fingerprint density at radius 1 is 1.48 bits per heavy atom. The van der Waals surface area contributed by atoms with Gasteiger partial charge in [0.2, 0.25) is 6.41 Å². The average Bonchev–Trinajstić information content (AvgIpc) is 2.46. The van der Waals surface area contributed by atoms with Crippen molar-refractivity contribution in [3.05, 3.63) is 41.0 Å². The Balaban J connectivity index is 2.04. The maximum Gasteiger partial charge on any atom is 0.327 e. The fourth-order valence-electron chi connectivity index (χ4n) is 1.80. The molecule has 0 radical (unpaired) electrons. The number of hydrogen-bond acceptors (Lipinski definition) is 4. The number of nitrogens with zero attached hydrogens (tertiary/aromatic N) is 1. The van der Waals surface area contributed by atoms with Crippen molar-refractivity contribution in [2.24, 2.45) is 0 Å². The lowest BCUT2D eigenvalue weighted by Crippen LogP contribution is -2.37. The Kier molecular flexibility index (Phi) is 5.41. The molecule has 0 fully saturated rings. The van der Waals surface area contributed by atoms with Gasteiger partial charge in [-0.1, -0.05) is 29.8 Å². The first kappa shape index (κ1) is 15.6. The van der Waals surface area contributed by atoms with E-state index in [1.54, 1.807) is 0 Å². The van der Waals surface area contributed by atoms with Crippen molar-refractivity contribution in [2.45, 2.75) is 11.8 Å². The van der Waals surface area contributed by atoms with E-state index in [9.17, 15) is 9.59 Å². The summed E-state index contributed by atoms with van der Waals surface area (Å²) in [5.41, 5.74) is 1.66.